The van der Waals surface area contributed by atoms with E-state index in [-0.39, 0.29) is 18.9 Å². The van der Waals surface area contributed by atoms with Gasteiger partial charge >= 0.3 is 18.9 Å². The molecule has 1 N–H and O–H groups in total. The monoisotopic (exact) mass is 174 g/mol. The van der Waals surface area contributed by atoms with E-state index in [1.807, 2.05) is 13.0 Å². The van der Waals surface area contributed by atoms with Gasteiger partial charge in [-0.25, -0.2) is 0 Å². The van der Waals surface area contributed by atoms with Gasteiger partial charge in [-0.2, -0.15) is 0 Å². The fraction of sp³-hybridized carbons (Fsp3) is 0.636. The Kier molecular flexibility index (Phi) is 12.0. The van der Waals surface area contributed by atoms with Crippen molar-refractivity contribution >= 4 is 24.6 Å². The first-order valence-electron chi connectivity index (χ1n) is 4.71. The molecule has 0 saturated carbocycles. The van der Waals surface area contributed by atoms with Crippen molar-refractivity contribution in [2.75, 3.05) is 0 Å². The molecule has 1 radical (unpaired) electrons. The van der Waals surface area contributed by atoms with Gasteiger partial charge in [-0.3, -0.25) is 0 Å². The summed E-state index contributed by atoms with van der Waals surface area (Å²) in [7, 11) is 0. The van der Waals surface area contributed by atoms with Crippen molar-refractivity contribution in [2.45, 2.75) is 46.0 Å². The molecule has 0 aromatic carbocycles. The summed E-state index contributed by atoms with van der Waals surface area (Å²) in [6.45, 7) is 7.93. The Morgan fingerprint density at radius 3 is 2.46 bits per heavy atom. The maximum absolute atomic E-state index is 7.59. The van der Waals surface area contributed by atoms with Gasteiger partial charge in [0.2, 0.25) is 0 Å². The molecule has 0 fully saturated rings. The molecule has 0 rings (SSSR count). The molecule has 0 aliphatic carbocycles. The predicted octanol–water partition coefficient (Wildman–Crippen LogP) is 3.11. The third-order valence-corrected chi connectivity index (χ3v) is 1.78. The minimum atomic E-state index is 0. The molecule has 0 aliphatic rings. The van der Waals surface area contributed by atoms with E-state index in [1.165, 1.54) is 19.3 Å². The first-order chi connectivity index (χ1) is 5.66. The molecule has 0 bridgehead atoms. The molecule has 0 heterocycles. The SMILES string of the molecule is [CH2]C(C)=CCC(=N)CCCCC.[LiH]. The fourth-order valence-electron chi connectivity index (χ4n) is 0.988. The summed E-state index contributed by atoms with van der Waals surface area (Å²) >= 11 is 0. The van der Waals surface area contributed by atoms with Crippen molar-refractivity contribution < 1.29 is 0 Å². The first-order valence-corrected chi connectivity index (χ1v) is 4.71. The van der Waals surface area contributed by atoms with Gasteiger partial charge < -0.3 is 5.41 Å². The zero-order valence-electron chi connectivity index (χ0n) is 8.32. The average Bonchev–Trinajstić information content (AvgIpc) is 2.01. The Bertz CT molecular complexity index is 157. The molecule has 0 aliphatic heterocycles. The number of nitrogens with one attached hydrogen (secondary N) is 1. The van der Waals surface area contributed by atoms with E-state index >= 15 is 0 Å². The molecule has 0 spiro atoms. The first kappa shape index (κ1) is 15.5. The standard InChI is InChI=1S/C11H20N.Li.H/c1-4-5-6-7-11(12)9-8-10(2)3;;/h8,12H,2,4-7,9H2,1,3H3;;. The van der Waals surface area contributed by atoms with Crippen LogP contribution >= 0.6 is 0 Å². The number of allylic oxidation sites excluding steroid dienone is 2. The van der Waals surface area contributed by atoms with Crippen LogP contribution in [0.1, 0.15) is 46.0 Å². The van der Waals surface area contributed by atoms with Gasteiger partial charge in [-0.05, 0) is 26.7 Å². The molecule has 0 unspecified atom stereocenters. The van der Waals surface area contributed by atoms with Crippen molar-refractivity contribution in [2.24, 2.45) is 0 Å². The van der Waals surface area contributed by atoms with Gasteiger partial charge in [0.05, 0.1) is 0 Å². The van der Waals surface area contributed by atoms with Crippen LogP contribution in [-0.2, 0) is 0 Å². The normalized spacial score (nSPS) is 10.8. The second-order valence-corrected chi connectivity index (χ2v) is 3.32. The molecule has 0 saturated heterocycles. The van der Waals surface area contributed by atoms with Crippen LogP contribution in [0.3, 0.4) is 0 Å². The predicted molar refractivity (Wildman–Crippen MR) is 62.7 cm³/mol. The van der Waals surface area contributed by atoms with Crippen LogP contribution in [0, 0.1) is 12.3 Å². The number of hydrogen-bond acceptors (Lipinski definition) is 1. The Balaban J connectivity index is 0. The molecule has 2 heteroatoms. The van der Waals surface area contributed by atoms with Crippen molar-refractivity contribution in [1.29, 1.82) is 5.41 Å². The Labute approximate surface area is 94.7 Å². The molecule has 0 atom stereocenters. The Morgan fingerprint density at radius 1 is 1.38 bits per heavy atom. The third kappa shape index (κ3) is 12.0. The molecule has 13 heavy (non-hydrogen) atoms. The van der Waals surface area contributed by atoms with Crippen molar-refractivity contribution in [3.05, 3.63) is 18.6 Å². The number of hydrogen-bond donors (Lipinski definition) is 1. The van der Waals surface area contributed by atoms with E-state index in [9.17, 15) is 0 Å². The second-order valence-electron chi connectivity index (χ2n) is 3.32. The molecular formula is C11H21LiN. The summed E-state index contributed by atoms with van der Waals surface area (Å²) < 4.78 is 0. The van der Waals surface area contributed by atoms with Gasteiger partial charge in [0.15, 0.2) is 0 Å². The van der Waals surface area contributed by atoms with Crippen LogP contribution in [0.25, 0.3) is 0 Å². The van der Waals surface area contributed by atoms with Crippen LogP contribution in [0.15, 0.2) is 11.6 Å². The maximum atomic E-state index is 7.59. The van der Waals surface area contributed by atoms with Crippen LogP contribution in [0.2, 0.25) is 0 Å². The Hall–Kier alpha value is 0.00740. The van der Waals surface area contributed by atoms with Crippen molar-refractivity contribution in [3.8, 4) is 0 Å². The Morgan fingerprint density at radius 2 is 2.00 bits per heavy atom. The van der Waals surface area contributed by atoms with Gasteiger partial charge in [0.25, 0.3) is 0 Å². The molecule has 0 aromatic rings. The number of unbranched alkanes of at least 4 members (excludes halogenated alkanes) is 2. The van der Waals surface area contributed by atoms with E-state index in [0.717, 1.165) is 24.1 Å². The van der Waals surface area contributed by atoms with E-state index in [2.05, 4.69) is 13.8 Å². The minimum absolute atomic E-state index is 0. The summed E-state index contributed by atoms with van der Waals surface area (Å²) in [6, 6.07) is 0. The van der Waals surface area contributed by atoms with Crippen LogP contribution in [-0.4, -0.2) is 24.6 Å². The summed E-state index contributed by atoms with van der Waals surface area (Å²) in [6.07, 6.45) is 7.41. The molecular weight excluding hydrogens is 153 g/mol. The van der Waals surface area contributed by atoms with Crippen LogP contribution in [0.5, 0.6) is 0 Å². The van der Waals surface area contributed by atoms with E-state index in [0.29, 0.717) is 0 Å². The number of rotatable bonds is 6. The van der Waals surface area contributed by atoms with Crippen molar-refractivity contribution in [3.63, 3.8) is 0 Å². The van der Waals surface area contributed by atoms with Crippen molar-refractivity contribution in [1.82, 2.24) is 0 Å². The van der Waals surface area contributed by atoms with E-state index in [4.69, 9.17) is 5.41 Å². The van der Waals surface area contributed by atoms with E-state index < -0.39 is 0 Å². The van der Waals surface area contributed by atoms with Gasteiger partial charge in [-0.15, -0.1) is 0 Å². The molecule has 1 nitrogen and oxygen atoms in total. The van der Waals surface area contributed by atoms with Gasteiger partial charge in [0.1, 0.15) is 0 Å². The average molecular weight is 174 g/mol. The summed E-state index contributed by atoms with van der Waals surface area (Å²) in [5, 5.41) is 7.59. The zero-order chi connectivity index (χ0) is 9.40. The van der Waals surface area contributed by atoms with Crippen LogP contribution in [0.4, 0.5) is 0 Å². The van der Waals surface area contributed by atoms with Gasteiger partial charge in [0, 0.05) is 12.1 Å². The molecule has 0 aromatic heterocycles. The van der Waals surface area contributed by atoms with Gasteiger partial charge in [-0.1, -0.05) is 31.4 Å². The van der Waals surface area contributed by atoms with E-state index in [1.54, 1.807) is 0 Å². The molecule has 0 amide bonds. The zero-order valence-corrected chi connectivity index (χ0v) is 8.32. The summed E-state index contributed by atoms with van der Waals surface area (Å²) in [5.41, 5.74) is 1.90. The molecule has 71 valence electrons. The quantitative estimate of drug-likeness (QED) is 0.363. The second kappa shape index (κ2) is 10.1. The topological polar surface area (TPSA) is 23.9 Å². The summed E-state index contributed by atoms with van der Waals surface area (Å²) in [4.78, 5) is 0. The third-order valence-electron chi connectivity index (χ3n) is 1.78. The summed E-state index contributed by atoms with van der Waals surface area (Å²) in [5.74, 6) is 0. The fourth-order valence-corrected chi connectivity index (χ4v) is 0.988. The van der Waals surface area contributed by atoms with Crippen LogP contribution < -0.4 is 0 Å².